The van der Waals surface area contributed by atoms with E-state index in [1.54, 1.807) is 13.8 Å². The minimum atomic E-state index is -4.32. The molecular weight excluding hydrogens is 623 g/mol. The summed E-state index contributed by atoms with van der Waals surface area (Å²) >= 11 is 0. The first kappa shape index (κ1) is 35.5. The number of ether oxygens (including phenoxy) is 1. The number of hydrogen-bond donors (Lipinski definition) is 2. The molecule has 0 bridgehead atoms. The van der Waals surface area contributed by atoms with Crippen molar-refractivity contribution in [3.05, 3.63) is 72.4 Å². The van der Waals surface area contributed by atoms with Gasteiger partial charge in [0.25, 0.3) is 11.8 Å². The fraction of sp³-hybridized carbons (Fsp3) is 0.424. The number of unbranched alkanes of at least 4 members (excludes halogenated alkanes) is 1. The van der Waals surface area contributed by atoms with Crippen molar-refractivity contribution in [1.29, 1.82) is 0 Å². The maximum absolute atomic E-state index is 14.4. The predicted octanol–water partition coefficient (Wildman–Crippen LogP) is 5.68. The van der Waals surface area contributed by atoms with E-state index < -0.39 is 30.8 Å². The normalized spacial score (nSPS) is 14.6. The van der Waals surface area contributed by atoms with Crippen LogP contribution in [0.25, 0.3) is 11.4 Å². The molecule has 3 aromatic rings. The average Bonchev–Trinajstić information content (AvgIpc) is 3.09. The first-order valence-corrected chi connectivity index (χ1v) is 17.4. The molecule has 2 aromatic carbocycles. The second kappa shape index (κ2) is 16.5. The Labute approximate surface area is 275 Å². The molecule has 252 valence electrons. The molecule has 0 radical (unpaired) electrons. The molecular formula is C33H43N6O7P. The fourth-order valence-electron chi connectivity index (χ4n) is 4.97. The van der Waals surface area contributed by atoms with Gasteiger partial charge in [0.2, 0.25) is 5.28 Å². The zero-order chi connectivity index (χ0) is 33.9. The van der Waals surface area contributed by atoms with Crippen LogP contribution in [0.4, 0.5) is 16.3 Å². The Kier molecular flexibility index (Phi) is 12.5. The highest BCUT2D eigenvalue weighted by molar-refractivity contribution is 7.56. The summed E-state index contributed by atoms with van der Waals surface area (Å²) in [6.07, 6.45) is 1.20. The highest BCUT2D eigenvalue weighted by Crippen LogP contribution is 2.59. The number of rotatable bonds is 14. The van der Waals surface area contributed by atoms with Gasteiger partial charge in [-0.25, -0.2) is 14.8 Å². The molecule has 47 heavy (non-hydrogen) atoms. The van der Waals surface area contributed by atoms with Gasteiger partial charge in [-0.3, -0.25) is 14.2 Å². The summed E-state index contributed by atoms with van der Waals surface area (Å²) in [5, 5.41) is 3.75. The second-order valence-electron chi connectivity index (χ2n) is 10.9. The van der Waals surface area contributed by atoms with Crippen LogP contribution in [0.15, 0.2) is 66.7 Å². The zero-order valence-corrected chi connectivity index (χ0v) is 28.2. The molecule has 1 aliphatic heterocycles. The summed E-state index contributed by atoms with van der Waals surface area (Å²) in [4.78, 5) is 52.9. The van der Waals surface area contributed by atoms with E-state index in [9.17, 15) is 18.9 Å². The van der Waals surface area contributed by atoms with Gasteiger partial charge in [-0.05, 0) is 39.3 Å². The minimum Gasteiger partial charge on any atom is -0.449 e. The van der Waals surface area contributed by atoms with Crippen molar-refractivity contribution in [2.45, 2.75) is 45.8 Å². The number of carbonyl (C=O) groups excluding carboxylic acids is 3. The van der Waals surface area contributed by atoms with Crippen LogP contribution in [0, 0.1) is 0 Å². The van der Waals surface area contributed by atoms with E-state index in [4.69, 9.17) is 13.8 Å². The lowest BCUT2D eigenvalue weighted by Gasteiger charge is -2.41. The van der Waals surface area contributed by atoms with E-state index in [2.05, 4.69) is 20.6 Å². The van der Waals surface area contributed by atoms with Crippen molar-refractivity contribution in [3.8, 4) is 11.4 Å². The maximum Gasteiger partial charge on any atom is 0.409 e. The number of benzene rings is 2. The summed E-state index contributed by atoms with van der Waals surface area (Å²) in [7, 11) is -4.32. The molecule has 1 saturated heterocycles. The molecule has 0 spiro atoms. The third kappa shape index (κ3) is 8.73. The Morgan fingerprint density at radius 1 is 0.872 bits per heavy atom. The van der Waals surface area contributed by atoms with E-state index in [1.807, 2.05) is 67.6 Å². The molecule has 3 amide bonds. The van der Waals surface area contributed by atoms with Gasteiger partial charge in [0, 0.05) is 43.5 Å². The lowest BCUT2D eigenvalue weighted by molar-refractivity contribution is -0.136. The molecule has 0 unspecified atom stereocenters. The molecule has 0 saturated carbocycles. The summed E-state index contributed by atoms with van der Waals surface area (Å²) in [5.41, 5.74) is 1.33. The lowest BCUT2D eigenvalue weighted by atomic mass is 10.2. The summed E-state index contributed by atoms with van der Waals surface area (Å²) in [6, 6.07) is 19.9. The highest BCUT2D eigenvalue weighted by Gasteiger charge is 2.56. The van der Waals surface area contributed by atoms with Crippen molar-refractivity contribution in [1.82, 2.24) is 25.1 Å². The van der Waals surface area contributed by atoms with Crippen molar-refractivity contribution < 1.29 is 32.7 Å². The number of para-hydroxylation sites is 1. The van der Waals surface area contributed by atoms with Crippen molar-refractivity contribution in [2.24, 2.45) is 0 Å². The number of carbonyl (C=O) groups is 3. The first-order chi connectivity index (χ1) is 22.6. The topological polar surface area (TPSA) is 152 Å². The number of amides is 3. The summed E-state index contributed by atoms with van der Waals surface area (Å²) in [6.45, 7) is 7.50. The van der Waals surface area contributed by atoms with E-state index in [0.717, 1.165) is 18.5 Å². The number of nitrogens with zero attached hydrogens (tertiary/aromatic N) is 4. The van der Waals surface area contributed by atoms with Crippen molar-refractivity contribution in [3.63, 3.8) is 0 Å². The lowest BCUT2D eigenvalue weighted by Crippen LogP contribution is -2.61. The van der Waals surface area contributed by atoms with Gasteiger partial charge < -0.3 is 34.2 Å². The Morgan fingerprint density at radius 3 is 2.06 bits per heavy atom. The molecule has 4 rings (SSSR count). The highest BCUT2D eigenvalue weighted by atomic mass is 31.2. The second-order valence-corrected chi connectivity index (χ2v) is 13.3. The smallest absolute Gasteiger partial charge is 0.409 e. The molecule has 13 nitrogen and oxygen atoms in total. The van der Waals surface area contributed by atoms with Crippen LogP contribution in [0.1, 0.15) is 51.0 Å². The number of aromatic nitrogens is 2. The van der Waals surface area contributed by atoms with Crippen LogP contribution in [0.3, 0.4) is 0 Å². The predicted molar refractivity (Wildman–Crippen MR) is 178 cm³/mol. The van der Waals surface area contributed by atoms with Crippen LogP contribution >= 0.6 is 7.60 Å². The Balaban J connectivity index is 1.65. The minimum absolute atomic E-state index is 0.0375. The first-order valence-electron chi connectivity index (χ1n) is 15.8. The average molecular weight is 667 g/mol. The van der Waals surface area contributed by atoms with Gasteiger partial charge in [0.05, 0.1) is 19.8 Å². The quantitative estimate of drug-likeness (QED) is 0.162. The number of piperazine rings is 1. The van der Waals surface area contributed by atoms with Gasteiger partial charge >= 0.3 is 13.7 Å². The maximum atomic E-state index is 14.4. The third-order valence-electron chi connectivity index (χ3n) is 7.50. The number of nitrogens with one attached hydrogen (secondary N) is 2. The molecule has 1 atom stereocenters. The molecule has 0 aliphatic carbocycles. The Hall–Kier alpha value is -4.32. The Morgan fingerprint density at radius 2 is 1.47 bits per heavy atom. The number of hydrogen-bond acceptors (Lipinski definition) is 10. The largest absolute Gasteiger partial charge is 0.449 e. The van der Waals surface area contributed by atoms with Gasteiger partial charge in [-0.1, -0.05) is 61.9 Å². The monoisotopic (exact) mass is 666 g/mol. The molecule has 14 heteroatoms. The number of anilines is 2. The van der Waals surface area contributed by atoms with Crippen molar-refractivity contribution in [2.75, 3.05) is 51.3 Å². The molecule has 2 N–H and O–H groups in total. The van der Waals surface area contributed by atoms with E-state index in [0.29, 0.717) is 18.0 Å². The Bertz CT molecular complexity index is 1540. The van der Waals surface area contributed by atoms with Crippen LogP contribution in [-0.2, 0) is 23.1 Å². The van der Waals surface area contributed by atoms with Gasteiger partial charge in [-0.2, -0.15) is 0 Å². The summed E-state index contributed by atoms with van der Waals surface area (Å²) < 4.78 is 31.0. The van der Waals surface area contributed by atoms with Crippen LogP contribution in [0.5, 0.6) is 0 Å². The molecule has 1 fully saturated rings. The molecule has 1 aromatic heterocycles. The fourth-order valence-corrected chi connectivity index (χ4v) is 6.85. The van der Waals surface area contributed by atoms with Gasteiger partial charge in [-0.15, -0.1) is 0 Å². The van der Waals surface area contributed by atoms with E-state index >= 15 is 0 Å². The van der Waals surface area contributed by atoms with Crippen molar-refractivity contribution >= 4 is 37.0 Å². The molecule has 1 aliphatic rings. The standard InChI is InChI=1S/C33H43N6O7P/c1-5-8-23-44-32(42)39-21-19-38(20-22-39)31(41)33(4,47(43,45-6-2)46-7-3)37-30(40)27-24-28(34-26-17-13-10-14-18-26)36-29(35-27)25-15-11-9-12-16-25/h9-18,24H,5-8,19-23H2,1-4H3,(H,37,40)(H,34,35,36)/t33-/m0/s1. The van der Waals surface area contributed by atoms with E-state index in [1.165, 1.54) is 22.8 Å². The molecule has 2 heterocycles. The third-order valence-corrected chi connectivity index (χ3v) is 10.1. The van der Waals surface area contributed by atoms with Crippen LogP contribution in [-0.4, -0.2) is 89.0 Å². The van der Waals surface area contributed by atoms with Crippen LogP contribution < -0.4 is 10.6 Å². The van der Waals surface area contributed by atoms with Gasteiger partial charge in [0.15, 0.2) is 5.82 Å². The van der Waals surface area contributed by atoms with Gasteiger partial charge in [0.1, 0.15) is 11.5 Å². The SMILES string of the molecule is CCCCOC(=O)N1CCN(C(=O)[C@@](C)(NC(=O)c2cc(Nc3ccccc3)nc(-c3ccccc3)n2)P(=O)(OCC)OCC)CC1. The summed E-state index contributed by atoms with van der Waals surface area (Å²) in [5.74, 6) is -0.850. The zero-order valence-electron chi connectivity index (χ0n) is 27.3. The van der Waals surface area contributed by atoms with Crippen LogP contribution in [0.2, 0.25) is 0 Å². The van der Waals surface area contributed by atoms with E-state index in [-0.39, 0.29) is 50.9 Å².